The van der Waals surface area contributed by atoms with Crippen LogP contribution in [0, 0.1) is 5.41 Å². The molecule has 0 aromatic heterocycles. The Morgan fingerprint density at radius 3 is 2.42 bits per heavy atom. The van der Waals surface area contributed by atoms with Crippen LogP contribution in [0.25, 0.3) is 0 Å². The number of hydrogen-bond acceptors (Lipinski definition) is 5. The molecule has 0 N–H and O–H groups in total. The topological polar surface area (TPSA) is 69.7 Å². The Morgan fingerprint density at radius 1 is 1.17 bits per heavy atom. The molecule has 1 aromatic rings. The average molecular weight is 375 g/mol. The molecule has 1 aromatic carbocycles. The monoisotopic (exact) mass is 374 g/mol. The van der Waals surface area contributed by atoms with Crippen LogP contribution in [0.3, 0.4) is 0 Å². The third-order valence-corrected chi connectivity index (χ3v) is 3.86. The molecule has 1 rings (SSSR count). The fraction of sp³-hybridized carbons (Fsp3) is 0.471. The summed E-state index contributed by atoms with van der Waals surface area (Å²) in [5.74, 6) is -1.69. The van der Waals surface area contributed by atoms with Crippen LogP contribution in [0.2, 0.25) is 10.0 Å². The summed E-state index contributed by atoms with van der Waals surface area (Å²) >= 11 is 11.8. The van der Waals surface area contributed by atoms with Gasteiger partial charge in [-0.15, -0.1) is 0 Å². The van der Waals surface area contributed by atoms with E-state index in [1.165, 1.54) is 26.0 Å². The molecule has 0 aliphatic carbocycles. The number of benzene rings is 1. The van der Waals surface area contributed by atoms with Crippen LogP contribution in [0.4, 0.5) is 0 Å². The number of halogens is 2. The lowest BCUT2D eigenvalue weighted by molar-refractivity contribution is -0.164. The van der Waals surface area contributed by atoms with Gasteiger partial charge in [0.2, 0.25) is 0 Å². The first-order chi connectivity index (χ1) is 11.2. The molecular formula is C17H20Cl2O5. The lowest BCUT2D eigenvalue weighted by Crippen LogP contribution is -2.38. The molecule has 0 atom stereocenters. The summed E-state index contributed by atoms with van der Waals surface area (Å²) in [6, 6.07) is 2.66. The summed E-state index contributed by atoms with van der Waals surface area (Å²) in [4.78, 5) is 35.5. The average Bonchev–Trinajstić information content (AvgIpc) is 2.53. The highest BCUT2D eigenvalue weighted by Crippen LogP contribution is 2.33. The van der Waals surface area contributed by atoms with Gasteiger partial charge in [0.25, 0.3) is 0 Å². The molecule has 132 valence electrons. The van der Waals surface area contributed by atoms with Gasteiger partial charge in [-0.2, -0.15) is 0 Å². The predicted octanol–water partition coefficient (Wildman–Crippen LogP) is 4.47. The van der Waals surface area contributed by atoms with Gasteiger partial charge in [-0.1, -0.05) is 43.0 Å². The number of rotatable bonds is 8. The highest BCUT2D eigenvalue weighted by Gasteiger charge is 2.40. The van der Waals surface area contributed by atoms with Crippen molar-refractivity contribution in [2.45, 2.75) is 40.0 Å². The van der Waals surface area contributed by atoms with Gasteiger partial charge in [-0.25, -0.2) is 0 Å². The highest BCUT2D eigenvalue weighted by atomic mass is 35.5. The Hall–Kier alpha value is -1.59. The van der Waals surface area contributed by atoms with E-state index in [1.54, 1.807) is 0 Å². The Morgan fingerprint density at radius 2 is 1.83 bits per heavy atom. The summed E-state index contributed by atoms with van der Waals surface area (Å²) < 4.78 is 10.3. The van der Waals surface area contributed by atoms with Crippen molar-refractivity contribution in [2.24, 2.45) is 5.41 Å². The number of hydrogen-bond donors (Lipinski definition) is 0. The summed E-state index contributed by atoms with van der Waals surface area (Å²) in [5, 5.41) is 0.238. The van der Waals surface area contributed by atoms with E-state index in [9.17, 15) is 14.4 Å². The Labute approximate surface area is 151 Å². The molecular weight excluding hydrogens is 355 g/mol. The maximum Gasteiger partial charge on any atom is 0.328 e. The maximum absolute atomic E-state index is 12.3. The van der Waals surface area contributed by atoms with Gasteiger partial charge in [0.05, 0.1) is 17.2 Å². The van der Waals surface area contributed by atoms with E-state index < -0.39 is 17.4 Å². The lowest BCUT2D eigenvalue weighted by atomic mass is 9.94. The van der Waals surface area contributed by atoms with E-state index in [4.69, 9.17) is 32.7 Å². The minimum atomic E-state index is -1.53. The number of aldehydes is 1. The second-order valence-corrected chi connectivity index (χ2v) is 6.62. The number of esters is 2. The molecule has 0 spiro atoms. The Kier molecular flexibility index (Phi) is 7.70. The largest absolute Gasteiger partial charge is 0.465 e. The quantitative estimate of drug-likeness (QED) is 0.220. The first-order valence-corrected chi connectivity index (χ1v) is 8.33. The van der Waals surface area contributed by atoms with E-state index in [0.29, 0.717) is 6.29 Å². The van der Waals surface area contributed by atoms with Crippen molar-refractivity contribution < 1.29 is 23.9 Å². The summed E-state index contributed by atoms with van der Waals surface area (Å²) in [7, 11) is 0. The van der Waals surface area contributed by atoms with Crippen LogP contribution in [0.15, 0.2) is 12.1 Å². The molecule has 0 saturated heterocycles. The van der Waals surface area contributed by atoms with Crippen molar-refractivity contribution in [2.75, 3.05) is 6.61 Å². The van der Waals surface area contributed by atoms with Gasteiger partial charge >= 0.3 is 11.9 Å². The first kappa shape index (κ1) is 20.5. The minimum absolute atomic E-state index is 0.00469. The molecule has 24 heavy (non-hydrogen) atoms. The molecule has 0 aliphatic rings. The molecule has 0 heterocycles. The highest BCUT2D eigenvalue weighted by molar-refractivity contribution is 6.36. The number of carbonyl (C=O) groups excluding carboxylic acids is 3. The van der Waals surface area contributed by atoms with Crippen molar-refractivity contribution in [1.29, 1.82) is 0 Å². The molecule has 0 saturated carbocycles. The van der Waals surface area contributed by atoms with Crippen molar-refractivity contribution in [1.82, 2.24) is 0 Å². The smallest absolute Gasteiger partial charge is 0.328 e. The van der Waals surface area contributed by atoms with E-state index in [-0.39, 0.29) is 28.0 Å². The van der Waals surface area contributed by atoms with Gasteiger partial charge in [0.1, 0.15) is 0 Å². The van der Waals surface area contributed by atoms with Crippen LogP contribution in [-0.4, -0.2) is 24.8 Å². The fourth-order valence-electron chi connectivity index (χ4n) is 1.78. The van der Waals surface area contributed by atoms with E-state index >= 15 is 0 Å². The van der Waals surface area contributed by atoms with Gasteiger partial charge in [0.15, 0.2) is 17.5 Å². The Bertz CT molecular complexity index is 626. The molecule has 0 unspecified atom stereocenters. The van der Waals surface area contributed by atoms with Gasteiger partial charge in [0, 0.05) is 5.02 Å². The SMILES string of the molecule is CCCCCOC(=O)C(C)(C)C(=O)Oc1c(Cl)cc(Cl)cc1C=O. The van der Waals surface area contributed by atoms with Gasteiger partial charge < -0.3 is 9.47 Å². The molecule has 0 amide bonds. The number of ether oxygens (including phenoxy) is 2. The van der Waals surface area contributed by atoms with Crippen LogP contribution in [0.5, 0.6) is 5.75 Å². The van der Waals surface area contributed by atoms with E-state index in [0.717, 1.165) is 19.3 Å². The predicted molar refractivity (Wildman–Crippen MR) is 91.7 cm³/mol. The fourth-order valence-corrected chi connectivity index (χ4v) is 2.32. The summed E-state index contributed by atoms with van der Waals surface area (Å²) in [5.41, 5.74) is -1.51. The minimum Gasteiger partial charge on any atom is -0.465 e. The number of unbranched alkanes of at least 4 members (excludes halogenated alkanes) is 2. The molecule has 0 bridgehead atoms. The van der Waals surface area contributed by atoms with Crippen molar-refractivity contribution >= 4 is 41.4 Å². The molecule has 0 radical (unpaired) electrons. The third-order valence-electron chi connectivity index (χ3n) is 3.36. The standard InChI is InChI=1S/C17H20Cl2O5/c1-4-5-6-7-23-15(21)17(2,3)16(22)24-14-11(10-20)8-12(18)9-13(14)19/h8-10H,4-7H2,1-3H3. The van der Waals surface area contributed by atoms with E-state index in [2.05, 4.69) is 0 Å². The second kappa shape index (κ2) is 9.04. The summed E-state index contributed by atoms with van der Waals surface area (Å²) in [6.45, 7) is 5.05. The van der Waals surface area contributed by atoms with Gasteiger partial charge in [-0.3, -0.25) is 14.4 Å². The van der Waals surface area contributed by atoms with Crippen LogP contribution in [0.1, 0.15) is 50.4 Å². The maximum atomic E-state index is 12.3. The second-order valence-electron chi connectivity index (χ2n) is 5.78. The molecule has 7 heteroatoms. The normalized spacial score (nSPS) is 11.0. The van der Waals surface area contributed by atoms with Crippen molar-refractivity contribution in [3.8, 4) is 5.75 Å². The lowest BCUT2D eigenvalue weighted by Gasteiger charge is -2.21. The first-order valence-electron chi connectivity index (χ1n) is 7.57. The number of carbonyl (C=O) groups is 3. The van der Waals surface area contributed by atoms with Crippen LogP contribution < -0.4 is 4.74 Å². The van der Waals surface area contributed by atoms with E-state index in [1.807, 2.05) is 6.92 Å². The zero-order valence-electron chi connectivity index (χ0n) is 13.9. The Balaban J connectivity index is 2.86. The van der Waals surface area contributed by atoms with Crippen molar-refractivity contribution in [3.05, 3.63) is 27.7 Å². The van der Waals surface area contributed by atoms with Gasteiger partial charge in [-0.05, 0) is 32.4 Å². The third kappa shape index (κ3) is 5.21. The van der Waals surface area contributed by atoms with Crippen LogP contribution >= 0.6 is 23.2 Å². The summed E-state index contributed by atoms with van der Waals surface area (Å²) in [6.07, 6.45) is 3.12. The molecule has 0 fully saturated rings. The zero-order valence-corrected chi connectivity index (χ0v) is 15.4. The van der Waals surface area contributed by atoms with Crippen molar-refractivity contribution in [3.63, 3.8) is 0 Å². The molecule has 5 nitrogen and oxygen atoms in total. The zero-order chi connectivity index (χ0) is 18.3. The van der Waals surface area contributed by atoms with Crippen LogP contribution in [-0.2, 0) is 14.3 Å². The molecule has 0 aliphatic heterocycles.